The first kappa shape index (κ1) is 19.5. The standard InChI is InChI=1S/C19H25ClN4O3/c1-4-19(3)17(26)24(18(27)21-19)12-16(25)23-9-7-22(8-10-23)15-11-14(20)6-5-13(15)2/h5-6,11H,4,7-10,12H2,1-3H3,(H,21,27)/t19-/m1/s1. The lowest BCUT2D eigenvalue weighted by molar-refractivity contribution is -0.139. The van der Waals surface area contributed by atoms with E-state index in [9.17, 15) is 14.4 Å². The summed E-state index contributed by atoms with van der Waals surface area (Å²) in [5.41, 5.74) is 1.29. The van der Waals surface area contributed by atoms with Crippen LogP contribution in [0.2, 0.25) is 5.02 Å². The number of imide groups is 1. The zero-order valence-corrected chi connectivity index (χ0v) is 16.7. The molecule has 2 aliphatic rings. The molecule has 8 heteroatoms. The van der Waals surface area contributed by atoms with Crippen LogP contribution in [0.15, 0.2) is 18.2 Å². The largest absolute Gasteiger partial charge is 0.368 e. The highest BCUT2D eigenvalue weighted by Crippen LogP contribution is 2.25. The van der Waals surface area contributed by atoms with Crippen molar-refractivity contribution in [2.45, 2.75) is 32.7 Å². The number of aryl methyl sites for hydroxylation is 1. The van der Waals surface area contributed by atoms with Gasteiger partial charge in [0.25, 0.3) is 5.91 Å². The second-order valence-electron chi connectivity index (χ2n) is 7.31. The van der Waals surface area contributed by atoms with Gasteiger partial charge in [-0.3, -0.25) is 14.5 Å². The van der Waals surface area contributed by atoms with Crippen molar-refractivity contribution in [3.05, 3.63) is 28.8 Å². The number of benzene rings is 1. The summed E-state index contributed by atoms with van der Waals surface area (Å²) >= 11 is 6.11. The van der Waals surface area contributed by atoms with Crippen molar-refractivity contribution in [1.82, 2.24) is 15.1 Å². The average molecular weight is 393 g/mol. The van der Waals surface area contributed by atoms with E-state index in [1.54, 1.807) is 11.8 Å². The molecule has 1 atom stereocenters. The molecule has 2 saturated heterocycles. The van der Waals surface area contributed by atoms with E-state index in [0.29, 0.717) is 37.6 Å². The average Bonchev–Trinajstić information content (AvgIpc) is 2.87. The molecule has 0 radical (unpaired) electrons. The third-order valence-electron chi connectivity index (χ3n) is 5.49. The molecule has 0 unspecified atom stereocenters. The van der Waals surface area contributed by atoms with Crippen molar-refractivity contribution in [1.29, 1.82) is 0 Å². The van der Waals surface area contributed by atoms with Crippen LogP contribution in [0.4, 0.5) is 10.5 Å². The number of anilines is 1. The van der Waals surface area contributed by atoms with Crippen LogP contribution in [0.25, 0.3) is 0 Å². The summed E-state index contributed by atoms with van der Waals surface area (Å²) in [6.45, 7) is 7.78. The zero-order valence-electron chi connectivity index (χ0n) is 15.9. The number of halogens is 1. The summed E-state index contributed by atoms with van der Waals surface area (Å²) in [7, 11) is 0. The summed E-state index contributed by atoms with van der Waals surface area (Å²) in [5, 5.41) is 3.36. The van der Waals surface area contributed by atoms with Gasteiger partial charge in [0.15, 0.2) is 0 Å². The van der Waals surface area contributed by atoms with E-state index in [2.05, 4.69) is 10.2 Å². The maximum absolute atomic E-state index is 12.6. The molecular formula is C19H25ClN4O3. The van der Waals surface area contributed by atoms with E-state index < -0.39 is 11.6 Å². The lowest BCUT2D eigenvalue weighted by atomic mass is 9.99. The minimum absolute atomic E-state index is 0.207. The fourth-order valence-electron chi connectivity index (χ4n) is 3.49. The number of hydrogen-bond donors (Lipinski definition) is 1. The topological polar surface area (TPSA) is 73.0 Å². The number of hydrogen-bond acceptors (Lipinski definition) is 4. The Labute approximate surface area is 164 Å². The number of nitrogens with one attached hydrogen (secondary N) is 1. The fraction of sp³-hybridized carbons (Fsp3) is 0.526. The number of urea groups is 1. The van der Waals surface area contributed by atoms with Gasteiger partial charge in [-0.15, -0.1) is 0 Å². The second kappa shape index (κ2) is 7.38. The number of nitrogens with zero attached hydrogens (tertiary/aromatic N) is 3. The first-order valence-electron chi connectivity index (χ1n) is 9.18. The molecule has 0 aliphatic carbocycles. The fourth-order valence-corrected chi connectivity index (χ4v) is 3.65. The van der Waals surface area contributed by atoms with Gasteiger partial charge in [-0.25, -0.2) is 4.79 Å². The Morgan fingerprint density at radius 3 is 2.48 bits per heavy atom. The van der Waals surface area contributed by atoms with Gasteiger partial charge in [-0.05, 0) is 38.0 Å². The van der Waals surface area contributed by atoms with E-state index in [4.69, 9.17) is 11.6 Å². The molecule has 3 rings (SSSR count). The maximum Gasteiger partial charge on any atom is 0.325 e. The molecule has 1 aromatic carbocycles. The van der Waals surface area contributed by atoms with E-state index in [-0.39, 0.29) is 18.4 Å². The summed E-state index contributed by atoms with van der Waals surface area (Å²) in [5.74, 6) is -0.544. The van der Waals surface area contributed by atoms with Gasteiger partial charge in [0.1, 0.15) is 12.1 Å². The third kappa shape index (κ3) is 3.74. The number of carbonyl (C=O) groups excluding carboxylic acids is 3. The van der Waals surface area contributed by atoms with Gasteiger partial charge in [-0.2, -0.15) is 0 Å². The molecule has 0 saturated carbocycles. The first-order chi connectivity index (χ1) is 12.7. The normalized spacial score (nSPS) is 23.0. The van der Waals surface area contributed by atoms with Crippen LogP contribution in [0.3, 0.4) is 0 Å². The monoisotopic (exact) mass is 392 g/mol. The molecule has 2 fully saturated rings. The molecule has 4 amide bonds. The Hall–Kier alpha value is -2.28. The second-order valence-corrected chi connectivity index (χ2v) is 7.74. The lowest BCUT2D eigenvalue weighted by Gasteiger charge is -2.37. The highest BCUT2D eigenvalue weighted by molar-refractivity contribution is 6.30. The van der Waals surface area contributed by atoms with E-state index in [0.717, 1.165) is 16.2 Å². The van der Waals surface area contributed by atoms with Crippen molar-refractivity contribution in [2.75, 3.05) is 37.6 Å². The Kier molecular flexibility index (Phi) is 5.33. The van der Waals surface area contributed by atoms with Crippen molar-refractivity contribution in [3.63, 3.8) is 0 Å². The van der Waals surface area contributed by atoms with Gasteiger partial charge in [0, 0.05) is 36.9 Å². The number of rotatable bonds is 4. The van der Waals surface area contributed by atoms with Crippen LogP contribution in [0.1, 0.15) is 25.8 Å². The Balaban J connectivity index is 1.60. The SMILES string of the molecule is CC[C@@]1(C)NC(=O)N(CC(=O)N2CCN(c3cc(Cl)ccc3C)CC2)C1=O. The smallest absolute Gasteiger partial charge is 0.325 e. The number of carbonyl (C=O) groups is 3. The Morgan fingerprint density at radius 2 is 1.89 bits per heavy atom. The van der Waals surface area contributed by atoms with Crippen molar-refractivity contribution >= 4 is 35.1 Å². The van der Waals surface area contributed by atoms with Gasteiger partial charge in [0.2, 0.25) is 5.91 Å². The predicted molar refractivity (Wildman–Crippen MR) is 104 cm³/mol. The Morgan fingerprint density at radius 1 is 1.22 bits per heavy atom. The number of piperazine rings is 1. The highest BCUT2D eigenvalue weighted by atomic mass is 35.5. The summed E-state index contributed by atoms with van der Waals surface area (Å²) in [4.78, 5) is 42.1. The molecule has 0 spiro atoms. The molecule has 1 aromatic rings. The van der Waals surface area contributed by atoms with Gasteiger partial charge >= 0.3 is 6.03 Å². The zero-order chi connectivity index (χ0) is 19.8. The molecular weight excluding hydrogens is 368 g/mol. The van der Waals surface area contributed by atoms with Crippen molar-refractivity contribution < 1.29 is 14.4 Å². The molecule has 1 N–H and O–H groups in total. The quantitative estimate of drug-likeness (QED) is 0.795. The Bertz CT molecular complexity index is 776. The maximum atomic E-state index is 12.6. The highest BCUT2D eigenvalue weighted by Gasteiger charge is 2.47. The third-order valence-corrected chi connectivity index (χ3v) is 5.72. The molecule has 27 heavy (non-hydrogen) atoms. The van der Waals surface area contributed by atoms with E-state index >= 15 is 0 Å². The van der Waals surface area contributed by atoms with E-state index in [1.807, 2.05) is 32.0 Å². The van der Waals surface area contributed by atoms with Crippen LogP contribution in [-0.4, -0.2) is 65.9 Å². The minimum atomic E-state index is -0.917. The summed E-state index contributed by atoms with van der Waals surface area (Å²) in [6.07, 6.45) is 0.486. The van der Waals surface area contributed by atoms with Crippen molar-refractivity contribution in [2.24, 2.45) is 0 Å². The molecule has 2 aliphatic heterocycles. The van der Waals surface area contributed by atoms with E-state index in [1.165, 1.54) is 0 Å². The van der Waals surface area contributed by atoms with Crippen LogP contribution in [0.5, 0.6) is 0 Å². The van der Waals surface area contributed by atoms with Gasteiger partial charge in [-0.1, -0.05) is 24.6 Å². The molecule has 0 aromatic heterocycles. The number of amides is 4. The van der Waals surface area contributed by atoms with Gasteiger partial charge < -0.3 is 15.1 Å². The van der Waals surface area contributed by atoms with Crippen LogP contribution in [-0.2, 0) is 9.59 Å². The first-order valence-corrected chi connectivity index (χ1v) is 9.56. The van der Waals surface area contributed by atoms with Crippen LogP contribution < -0.4 is 10.2 Å². The predicted octanol–water partition coefficient (Wildman–Crippen LogP) is 2.02. The van der Waals surface area contributed by atoms with Gasteiger partial charge in [0.05, 0.1) is 0 Å². The molecule has 2 heterocycles. The van der Waals surface area contributed by atoms with Crippen LogP contribution >= 0.6 is 11.6 Å². The summed E-state index contributed by atoms with van der Waals surface area (Å²) < 4.78 is 0. The van der Waals surface area contributed by atoms with Crippen molar-refractivity contribution in [3.8, 4) is 0 Å². The van der Waals surface area contributed by atoms with Crippen LogP contribution in [0, 0.1) is 6.92 Å². The summed E-state index contributed by atoms with van der Waals surface area (Å²) in [6, 6.07) is 5.29. The lowest BCUT2D eigenvalue weighted by Crippen LogP contribution is -2.52. The molecule has 146 valence electrons. The minimum Gasteiger partial charge on any atom is -0.368 e. The molecule has 0 bridgehead atoms. The molecule has 7 nitrogen and oxygen atoms in total.